The van der Waals surface area contributed by atoms with Crippen LogP contribution in [0.4, 0.5) is 5.82 Å². The number of hydrogen-bond acceptors (Lipinski definition) is 7. The molecule has 2 saturated heterocycles. The minimum absolute atomic E-state index is 0.0656. The first kappa shape index (κ1) is 17.9. The zero-order valence-electron chi connectivity index (χ0n) is 15.7. The molecule has 0 unspecified atom stereocenters. The van der Waals surface area contributed by atoms with Gasteiger partial charge >= 0.3 is 0 Å². The number of piperazine rings is 1. The van der Waals surface area contributed by atoms with E-state index >= 15 is 0 Å². The minimum Gasteiger partial charge on any atom is -0.356 e. The van der Waals surface area contributed by atoms with Crippen molar-refractivity contribution < 1.29 is 4.79 Å². The summed E-state index contributed by atoms with van der Waals surface area (Å²) in [7, 11) is 2.11. The molecule has 9 nitrogen and oxygen atoms in total. The molecule has 144 valence electrons. The molecule has 0 spiro atoms. The highest BCUT2D eigenvalue weighted by molar-refractivity contribution is 5.78. The second-order valence-corrected chi connectivity index (χ2v) is 7.23. The SMILES string of the molecule is CN1CCN(NC(=O)C2CCN(c3cc(-n4ccnc4)ncn3)CC2)CC1. The van der Waals surface area contributed by atoms with E-state index in [-0.39, 0.29) is 11.8 Å². The number of nitrogens with zero attached hydrogens (tertiary/aromatic N) is 7. The molecule has 2 aromatic heterocycles. The predicted octanol–water partition coefficient (Wildman–Crippen LogP) is 0.157. The van der Waals surface area contributed by atoms with Gasteiger partial charge in [-0.1, -0.05) is 0 Å². The maximum atomic E-state index is 12.6. The third-order valence-electron chi connectivity index (χ3n) is 5.37. The number of rotatable bonds is 4. The molecule has 2 fully saturated rings. The summed E-state index contributed by atoms with van der Waals surface area (Å²) in [6.45, 7) is 5.40. The number of amides is 1. The minimum atomic E-state index is 0.0656. The van der Waals surface area contributed by atoms with E-state index in [2.05, 4.69) is 42.2 Å². The van der Waals surface area contributed by atoms with Gasteiger partial charge in [0.15, 0.2) is 0 Å². The molecule has 2 aliphatic rings. The van der Waals surface area contributed by atoms with E-state index in [4.69, 9.17) is 0 Å². The van der Waals surface area contributed by atoms with Crippen LogP contribution in [0.25, 0.3) is 5.82 Å². The van der Waals surface area contributed by atoms with E-state index in [1.807, 2.05) is 16.8 Å². The Kier molecular flexibility index (Phi) is 5.30. The van der Waals surface area contributed by atoms with Crippen LogP contribution < -0.4 is 10.3 Å². The molecule has 27 heavy (non-hydrogen) atoms. The lowest BCUT2D eigenvalue weighted by Gasteiger charge is -2.35. The number of carbonyl (C=O) groups is 1. The lowest BCUT2D eigenvalue weighted by atomic mass is 9.96. The fraction of sp³-hybridized carbons (Fsp3) is 0.556. The molecule has 0 aromatic carbocycles. The second kappa shape index (κ2) is 8.01. The van der Waals surface area contributed by atoms with Gasteiger partial charge in [0, 0.05) is 63.6 Å². The molecule has 1 amide bonds. The van der Waals surface area contributed by atoms with Gasteiger partial charge in [-0.25, -0.2) is 20.0 Å². The Hall–Kier alpha value is -2.52. The molecule has 0 aliphatic carbocycles. The first-order valence-corrected chi connectivity index (χ1v) is 9.48. The monoisotopic (exact) mass is 370 g/mol. The van der Waals surface area contributed by atoms with Crippen molar-refractivity contribution in [1.82, 2.24) is 34.9 Å². The Balaban J connectivity index is 1.31. The molecule has 1 N–H and O–H groups in total. The highest BCUT2D eigenvalue weighted by Crippen LogP contribution is 2.23. The summed E-state index contributed by atoms with van der Waals surface area (Å²) in [6.07, 6.45) is 8.57. The first-order chi connectivity index (χ1) is 13.2. The van der Waals surface area contributed by atoms with Crippen LogP contribution in [0.5, 0.6) is 0 Å². The average Bonchev–Trinajstić information content (AvgIpc) is 3.25. The standard InChI is InChI=1S/C18H26N8O/c1-23-8-10-26(11-9-23)22-18(27)15-2-5-24(6-3-15)16-12-17(21-13-20-16)25-7-4-19-14-25/h4,7,12-15H,2-3,5-6,8-11H2,1H3,(H,22,27). The summed E-state index contributed by atoms with van der Waals surface area (Å²) in [6, 6.07) is 1.96. The van der Waals surface area contributed by atoms with Gasteiger partial charge in [-0.2, -0.15) is 0 Å². The van der Waals surface area contributed by atoms with Crippen LogP contribution in [0.2, 0.25) is 0 Å². The van der Waals surface area contributed by atoms with E-state index in [1.165, 1.54) is 0 Å². The first-order valence-electron chi connectivity index (χ1n) is 9.48. The Morgan fingerprint density at radius 1 is 1.07 bits per heavy atom. The Labute approximate surface area is 159 Å². The number of anilines is 1. The molecule has 0 bridgehead atoms. The summed E-state index contributed by atoms with van der Waals surface area (Å²) < 4.78 is 1.86. The van der Waals surface area contributed by atoms with Gasteiger partial charge in [-0.05, 0) is 19.9 Å². The maximum Gasteiger partial charge on any atom is 0.237 e. The zero-order valence-corrected chi connectivity index (χ0v) is 15.7. The molecule has 9 heteroatoms. The van der Waals surface area contributed by atoms with Crippen molar-refractivity contribution in [2.45, 2.75) is 12.8 Å². The van der Waals surface area contributed by atoms with Gasteiger partial charge in [0.2, 0.25) is 5.91 Å². The third-order valence-corrected chi connectivity index (χ3v) is 5.37. The quantitative estimate of drug-likeness (QED) is 0.821. The van der Waals surface area contributed by atoms with Crippen LogP contribution in [0.1, 0.15) is 12.8 Å². The van der Waals surface area contributed by atoms with Crippen LogP contribution >= 0.6 is 0 Å². The van der Waals surface area contributed by atoms with Gasteiger partial charge in [0.25, 0.3) is 0 Å². The van der Waals surface area contributed by atoms with Crippen LogP contribution in [-0.4, -0.2) is 81.7 Å². The number of hydrazine groups is 1. The van der Waals surface area contributed by atoms with E-state index in [0.29, 0.717) is 0 Å². The number of hydrogen-bond donors (Lipinski definition) is 1. The van der Waals surface area contributed by atoms with Crippen molar-refractivity contribution in [3.63, 3.8) is 0 Å². The van der Waals surface area contributed by atoms with E-state index in [9.17, 15) is 4.79 Å². The van der Waals surface area contributed by atoms with Crippen molar-refractivity contribution >= 4 is 11.7 Å². The smallest absolute Gasteiger partial charge is 0.237 e. The third kappa shape index (κ3) is 4.25. The molecule has 2 aliphatic heterocycles. The van der Waals surface area contributed by atoms with Crippen molar-refractivity contribution in [3.8, 4) is 5.82 Å². The van der Waals surface area contributed by atoms with E-state index in [0.717, 1.165) is 63.7 Å². The van der Waals surface area contributed by atoms with E-state index < -0.39 is 0 Å². The van der Waals surface area contributed by atoms with Gasteiger partial charge in [0.05, 0.1) is 0 Å². The summed E-state index contributed by atoms with van der Waals surface area (Å²) in [4.78, 5) is 29.9. The molecular formula is C18H26N8O. The van der Waals surface area contributed by atoms with Crippen LogP contribution in [0.15, 0.2) is 31.1 Å². The Morgan fingerprint density at radius 3 is 2.52 bits per heavy atom. The van der Waals surface area contributed by atoms with Crippen LogP contribution in [0, 0.1) is 5.92 Å². The highest BCUT2D eigenvalue weighted by Gasteiger charge is 2.27. The molecule has 4 heterocycles. The van der Waals surface area contributed by atoms with Gasteiger partial charge in [-0.15, -0.1) is 0 Å². The van der Waals surface area contributed by atoms with Gasteiger partial charge < -0.3 is 9.80 Å². The number of carbonyl (C=O) groups excluding carboxylic acids is 1. The average molecular weight is 370 g/mol. The molecule has 0 saturated carbocycles. The number of imidazole rings is 1. The number of nitrogens with one attached hydrogen (secondary N) is 1. The lowest BCUT2D eigenvalue weighted by molar-refractivity contribution is -0.131. The number of piperidine rings is 1. The summed E-state index contributed by atoms with van der Waals surface area (Å²) in [5, 5.41) is 2.05. The van der Waals surface area contributed by atoms with Crippen LogP contribution in [0.3, 0.4) is 0 Å². The molecule has 2 aromatic rings. The number of likely N-dealkylation sites (N-methyl/N-ethyl adjacent to an activating group) is 1. The van der Waals surface area contributed by atoms with Crippen molar-refractivity contribution in [1.29, 1.82) is 0 Å². The number of aromatic nitrogens is 4. The molecule has 4 rings (SSSR count). The molecule has 0 radical (unpaired) electrons. The van der Waals surface area contributed by atoms with Gasteiger partial charge in [-0.3, -0.25) is 14.8 Å². The second-order valence-electron chi connectivity index (χ2n) is 7.23. The fourth-order valence-electron chi connectivity index (χ4n) is 3.58. The van der Waals surface area contributed by atoms with E-state index in [1.54, 1.807) is 18.9 Å². The normalized spacial score (nSPS) is 20.0. The summed E-state index contributed by atoms with van der Waals surface area (Å²) >= 11 is 0. The molecule has 0 atom stereocenters. The zero-order chi connectivity index (χ0) is 18.6. The Bertz CT molecular complexity index is 748. The van der Waals surface area contributed by atoms with Gasteiger partial charge in [0.1, 0.15) is 24.3 Å². The predicted molar refractivity (Wildman–Crippen MR) is 101 cm³/mol. The topological polar surface area (TPSA) is 82.4 Å². The van der Waals surface area contributed by atoms with Crippen molar-refractivity contribution in [2.75, 3.05) is 51.2 Å². The largest absolute Gasteiger partial charge is 0.356 e. The molecular weight excluding hydrogens is 344 g/mol. The van der Waals surface area contributed by atoms with Crippen LogP contribution in [-0.2, 0) is 4.79 Å². The highest BCUT2D eigenvalue weighted by atomic mass is 16.2. The summed E-state index contributed by atoms with van der Waals surface area (Å²) in [5.74, 6) is 1.91. The maximum absolute atomic E-state index is 12.6. The summed E-state index contributed by atoms with van der Waals surface area (Å²) in [5.41, 5.74) is 3.10. The lowest BCUT2D eigenvalue weighted by Crippen LogP contribution is -2.54. The Morgan fingerprint density at radius 2 is 1.81 bits per heavy atom. The van der Waals surface area contributed by atoms with Crippen molar-refractivity contribution in [2.24, 2.45) is 5.92 Å². The van der Waals surface area contributed by atoms with Crippen molar-refractivity contribution in [3.05, 3.63) is 31.1 Å². The fourth-order valence-corrected chi connectivity index (χ4v) is 3.58.